The van der Waals surface area contributed by atoms with Gasteiger partial charge in [0.25, 0.3) is 0 Å². The summed E-state index contributed by atoms with van der Waals surface area (Å²) in [5.41, 5.74) is 0.939. The number of aromatic nitrogens is 3. The summed E-state index contributed by atoms with van der Waals surface area (Å²) >= 11 is 1.26. The van der Waals surface area contributed by atoms with Crippen LogP contribution in [0.2, 0.25) is 0 Å². The Hall–Kier alpha value is -2.22. The molecule has 0 saturated carbocycles. The smallest absolute Gasteiger partial charge is 0.230 e. The maximum atomic E-state index is 11.9. The maximum absolute atomic E-state index is 11.9. The van der Waals surface area contributed by atoms with E-state index < -0.39 is 0 Å². The molecule has 1 amide bonds. The summed E-state index contributed by atoms with van der Waals surface area (Å²) in [6, 6.07) is 7.80. The van der Waals surface area contributed by atoms with E-state index in [4.69, 9.17) is 10.6 Å². The highest BCUT2D eigenvalue weighted by Gasteiger charge is 2.23. The fourth-order valence-corrected chi connectivity index (χ4v) is 2.82. The van der Waals surface area contributed by atoms with Crippen LogP contribution in [0.4, 0.5) is 0 Å². The third-order valence-corrected chi connectivity index (χ3v) is 4.29. The Morgan fingerprint density at radius 3 is 2.76 bits per heavy atom. The highest BCUT2D eigenvalue weighted by molar-refractivity contribution is 7.99. The van der Waals surface area contributed by atoms with Crippen molar-refractivity contribution in [1.29, 1.82) is 0 Å². The number of carbonyl (C=O) groups excluding carboxylic acids is 1. The SMILES string of the molecule is Cc1cccc(OCCNC(=O)CSc2nnc(C(C)(C)C)n2N)c1. The summed E-state index contributed by atoms with van der Waals surface area (Å²) < 4.78 is 7.04. The van der Waals surface area contributed by atoms with E-state index in [9.17, 15) is 4.79 Å². The summed E-state index contributed by atoms with van der Waals surface area (Å²) in [5.74, 6) is 7.60. The molecule has 0 aliphatic carbocycles. The summed E-state index contributed by atoms with van der Waals surface area (Å²) in [7, 11) is 0. The minimum absolute atomic E-state index is 0.0989. The van der Waals surface area contributed by atoms with Crippen LogP contribution >= 0.6 is 11.8 Å². The predicted octanol–water partition coefficient (Wildman–Crippen LogP) is 1.89. The summed E-state index contributed by atoms with van der Waals surface area (Å²) in [4.78, 5) is 11.9. The molecule has 0 atom stereocenters. The lowest BCUT2D eigenvalue weighted by Gasteiger charge is -2.16. The number of benzene rings is 1. The molecule has 1 aromatic carbocycles. The van der Waals surface area contributed by atoms with Crippen LogP contribution in [0.1, 0.15) is 32.2 Å². The monoisotopic (exact) mass is 363 g/mol. The number of ether oxygens (including phenoxy) is 1. The second-order valence-electron chi connectivity index (χ2n) is 6.73. The molecule has 0 aliphatic rings. The molecule has 0 saturated heterocycles. The molecule has 1 aromatic heterocycles. The van der Waals surface area contributed by atoms with E-state index in [0.717, 1.165) is 11.3 Å². The molecule has 0 unspecified atom stereocenters. The Morgan fingerprint density at radius 1 is 1.36 bits per heavy atom. The Kier molecular flexibility index (Phi) is 6.30. The van der Waals surface area contributed by atoms with E-state index in [0.29, 0.717) is 24.1 Å². The number of nitrogen functional groups attached to an aromatic ring is 1. The first kappa shape index (κ1) is 19.1. The number of hydrogen-bond donors (Lipinski definition) is 2. The number of rotatable bonds is 7. The van der Waals surface area contributed by atoms with Crippen molar-refractivity contribution < 1.29 is 9.53 Å². The zero-order chi connectivity index (χ0) is 18.4. The Bertz CT molecular complexity index is 724. The van der Waals surface area contributed by atoms with Gasteiger partial charge in [0.05, 0.1) is 12.3 Å². The van der Waals surface area contributed by atoms with Crippen molar-refractivity contribution in [3.8, 4) is 5.75 Å². The van der Waals surface area contributed by atoms with Crippen molar-refractivity contribution in [3.63, 3.8) is 0 Å². The predicted molar refractivity (Wildman–Crippen MR) is 99.3 cm³/mol. The molecule has 0 radical (unpaired) electrons. The van der Waals surface area contributed by atoms with Gasteiger partial charge < -0.3 is 15.9 Å². The van der Waals surface area contributed by atoms with Gasteiger partial charge in [0, 0.05) is 5.41 Å². The van der Waals surface area contributed by atoms with Gasteiger partial charge in [-0.2, -0.15) is 0 Å². The van der Waals surface area contributed by atoms with Crippen molar-refractivity contribution in [2.45, 2.75) is 38.3 Å². The molecule has 0 aliphatic heterocycles. The molecule has 0 fully saturated rings. The minimum Gasteiger partial charge on any atom is -0.492 e. The molecule has 7 nitrogen and oxygen atoms in total. The molecular formula is C17H25N5O2S. The molecule has 0 bridgehead atoms. The highest BCUT2D eigenvalue weighted by atomic mass is 32.2. The largest absolute Gasteiger partial charge is 0.492 e. The van der Waals surface area contributed by atoms with Crippen LogP contribution in [-0.4, -0.2) is 39.7 Å². The lowest BCUT2D eigenvalue weighted by Crippen LogP contribution is -2.30. The highest BCUT2D eigenvalue weighted by Crippen LogP contribution is 2.22. The van der Waals surface area contributed by atoms with Gasteiger partial charge in [-0.1, -0.05) is 44.7 Å². The van der Waals surface area contributed by atoms with Crippen molar-refractivity contribution in [2.24, 2.45) is 0 Å². The van der Waals surface area contributed by atoms with Gasteiger partial charge in [-0.3, -0.25) is 4.79 Å². The van der Waals surface area contributed by atoms with E-state index in [1.54, 1.807) is 0 Å². The number of thioether (sulfide) groups is 1. The van der Waals surface area contributed by atoms with Gasteiger partial charge in [-0.25, -0.2) is 4.68 Å². The minimum atomic E-state index is -0.198. The molecule has 2 aromatic rings. The van der Waals surface area contributed by atoms with E-state index in [1.165, 1.54) is 16.4 Å². The van der Waals surface area contributed by atoms with Crippen molar-refractivity contribution in [1.82, 2.24) is 20.2 Å². The van der Waals surface area contributed by atoms with Crippen LogP contribution in [0.15, 0.2) is 29.4 Å². The fourth-order valence-electron chi connectivity index (χ4n) is 2.13. The van der Waals surface area contributed by atoms with Gasteiger partial charge in [-0.15, -0.1) is 10.2 Å². The van der Waals surface area contributed by atoms with E-state index >= 15 is 0 Å². The summed E-state index contributed by atoms with van der Waals surface area (Å²) in [6.45, 7) is 8.89. The summed E-state index contributed by atoms with van der Waals surface area (Å²) in [6.07, 6.45) is 0. The topological polar surface area (TPSA) is 95.1 Å². The van der Waals surface area contributed by atoms with Gasteiger partial charge in [-0.05, 0) is 24.6 Å². The molecule has 1 heterocycles. The number of nitrogens with one attached hydrogen (secondary N) is 1. The molecule has 3 N–H and O–H groups in total. The second-order valence-corrected chi connectivity index (χ2v) is 7.67. The number of nitrogens with zero attached hydrogens (tertiary/aromatic N) is 3. The second kappa shape index (κ2) is 8.24. The fraction of sp³-hybridized carbons (Fsp3) is 0.471. The number of aryl methyl sites for hydroxylation is 1. The first-order chi connectivity index (χ1) is 11.8. The Morgan fingerprint density at radius 2 is 2.12 bits per heavy atom. The molecular weight excluding hydrogens is 338 g/mol. The van der Waals surface area contributed by atoms with Gasteiger partial charge in [0.1, 0.15) is 12.4 Å². The standard InChI is InChI=1S/C17H25N5O2S/c1-12-6-5-7-13(10-12)24-9-8-19-14(23)11-25-16-21-20-15(22(16)18)17(2,3)4/h5-7,10H,8-9,11,18H2,1-4H3,(H,19,23). The molecule has 136 valence electrons. The maximum Gasteiger partial charge on any atom is 0.230 e. The zero-order valence-corrected chi connectivity index (χ0v) is 15.9. The van der Waals surface area contributed by atoms with Crippen LogP contribution in [0, 0.1) is 6.92 Å². The molecule has 8 heteroatoms. The Balaban J connectivity index is 1.72. The quantitative estimate of drug-likeness (QED) is 0.443. The first-order valence-corrected chi connectivity index (χ1v) is 9.06. The molecule has 25 heavy (non-hydrogen) atoms. The first-order valence-electron chi connectivity index (χ1n) is 8.07. The van der Waals surface area contributed by atoms with Crippen molar-refractivity contribution >= 4 is 17.7 Å². The van der Waals surface area contributed by atoms with Gasteiger partial charge in [0.2, 0.25) is 11.1 Å². The third-order valence-electron chi connectivity index (χ3n) is 3.35. The number of nitrogens with two attached hydrogens (primary N) is 1. The van der Waals surface area contributed by atoms with Crippen LogP contribution in [0.25, 0.3) is 0 Å². The zero-order valence-electron chi connectivity index (χ0n) is 15.1. The number of carbonyl (C=O) groups is 1. The third kappa shape index (κ3) is 5.67. The normalized spacial score (nSPS) is 11.4. The van der Waals surface area contributed by atoms with Crippen LogP contribution in [-0.2, 0) is 10.2 Å². The number of hydrogen-bond acceptors (Lipinski definition) is 6. The number of amides is 1. The summed E-state index contributed by atoms with van der Waals surface area (Å²) in [5, 5.41) is 11.5. The molecule has 2 rings (SSSR count). The van der Waals surface area contributed by atoms with Gasteiger partial charge >= 0.3 is 0 Å². The lowest BCUT2D eigenvalue weighted by molar-refractivity contribution is -0.118. The lowest BCUT2D eigenvalue weighted by atomic mass is 9.96. The van der Waals surface area contributed by atoms with Crippen molar-refractivity contribution in [3.05, 3.63) is 35.7 Å². The van der Waals surface area contributed by atoms with Crippen LogP contribution < -0.4 is 15.9 Å². The average molecular weight is 363 g/mol. The average Bonchev–Trinajstić information content (AvgIpc) is 2.90. The van der Waals surface area contributed by atoms with Gasteiger partial charge in [0.15, 0.2) is 5.82 Å². The van der Waals surface area contributed by atoms with Crippen molar-refractivity contribution in [2.75, 3.05) is 24.7 Å². The van der Waals surface area contributed by atoms with E-state index in [1.807, 2.05) is 52.0 Å². The van der Waals surface area contributed by atoms with E-state index in [-0.39, 0.29) is 17.1 Å². The van der Waals surface area contributed by atoms with Crippen LogP contribution in [0.3, 0.4) is 0 Å². The van der Waals surface area contributed by atoms with E-state index in [2.05, 4.69) is 15.5 Å². The molecule has 0 spiro atoms. The van der Waals surface area contributed by atoms with Crippen LogP contribution in [0.5, 0.6) is 5.75 Å². The Labute approximate surface area is 152 Å².